The van der Waals surface area contributed by atoms with Crippen LogP contribution in [0.15, 0.2) is 0 Å². The van der Waals surface area contributed by atoms with Crippen LogP contribution >= 0.6 is 15.6 Å². The van der Waals surface area contributed by atoms with Gasteiger partial charge < -0.3 is 33.8 Å². The van der Waals surface area contributed by atoms with E-state index in [1.54, 1.807) is 0 Å². The van der Waals surface area contributed by atoms with E-state index in [0.29, 0.717) is 25.7 Å². The van der Waals surface area contributed by atoms with Crippen molar-refractivity contribution < 1.29 is 80.2 Å². The molecule has 0 bridgehead atoms. The Bertz CT molecular complexity index is 1900. The zero-order chi connectivity index (χ0) is 71.7. The van der Waals surface area contributed by atoms with Gasteiger partial charge >= 0.3 is 39.5 Å². The Morgan fingerprint density at radius 2 is 0.495 bits per heavy atom. The van der Waals surface area contributed by atoms with Crippen molar-refractivity contribution in [2.75, 3.05) is 39.6 Å². The molecule has 0 fully saturated rings. The van der Waals surface area contributed by atoms with Crippen LogP contribution in [0.3, 0.4) is 0 Å². The van der Waals surface area contributed by atoms with Crippen molar-refractivity contribution in [1.29, 1.82) is 0 Å². The Kier molecular flexibility index (Phi) is 65.9. The Morgan fingerprint density at radius 3 is 0.732 bits per heavy atom. The highest BCUT2D eigenvalue weighted by molar-refractivity contribution is 7.47. The summed E-state index contributed by atoms with van der Waals surface area (Å²) in [6, 6.07) is 0. The van der Waals surface area contributed by atoms with Gasteiger partial charge in [-0.1, -0.05) is 344 Å². The lowest BCUT2D eigenvalue weighted by Crippen LogP contribution is -2.30. The van der Waals surface area contributed by atoms with Gasteiger partial charge in [0, 0.05) is 25.7 Å². The molecule has 0 aliphatic heterocycles. The summed E-state index contributed by atoms with van der Waals surface area (Å²) in [6.45, 7) is 14.2. The largest absolute Gasteiger partial charge is 0.472 e. The minimum Gasteiger partial charge on any atom is -0.462 e. The van der Waals surface area contributed by atoms with Crippen molar-refractivity contribution in [3.8, 4) is 0 Å². The topological polar surface area (TPSA) is 237 Å². The maximum absolute atomic E-state index is 13.1. The SMILES string of the molecule is CCC(C)CCCCCCCCC(=O)OC[C@H](COP(=O)(O)OC[C@H](O)COP(=O)(O)OC[C@@H](COC(=O)CCCCCCCCCCCCC(C)C)OC(=O)CCCCCCCCCCCCCCCCC(C)C)OC(=O)CCCCCCCCCCCCCCCCC(C)C. The van der Waals surface area contributed by atoms with Gasteiger partial charge in [0.1, 0.15) is 19.3 Å². The monoisotopic (exact) mass is 1420 g/mol. The van der Waals surface area contributed by atoms with E-state index < -0.39 is 97.5 Å². The number of rotatable bonds is 75. The van der Waals surface area contributed by atoms with Gasteiger partial charge in [0.2, 0.25) is 0 Å². The van der Waals surface area contributed by atoms with Crippen molar-refractivity contribution in [2.45, 2.75) is 414 Å². The molecule has 0 rings (SSSR count). The maximum Gasteiger partial charge on any atom is 0.472 e. The first-order valence-electron chi connectivity index (χ1n) is 40.2. The van der Waals surface area contributed by atoms with E-state index in [2.05, 4.69) is 55.4 Å². The molecule has 0 spiro atoms. The zero-order valence-electron chi connectivity index (χ0n) is 63.7. The van der Waals surface area contributed by atoms with Gasteiger partial charge in [0.25, 0.3) is 0 Å². The molecule has 0 saturated heterocycles. The summed E-state index contributed by atoms with van der Waals surface area (Å²) in [5, 5.41) is 10.6. The van der Waals surface area contributed by atoms with Crippen LogP contribution in [-0.2, 0) is 65.4 Å². The average molecular weight is 1420 g/mol. The van der Waals surface area contributed by atoms with Crippen LogP contribution < -0.4 is 0 Å². The highest BCUT2D eigenvalue weighted by Crippen LogP contribution is 2.45. The van der Waals surface area contributed by atoms with Crippen molar-refractivity contribution in [3.63, 3.8) is 0 Å². The molecule has 19 heteroatoms. The molecule has 3 N–H and O–H groups in total. The van der Waals surface area contributed by atoms with Gasteiger partial charge in [0.15, 0.2) is 12.2 Å². The first-order chi connectivity index (χ1) is 46.6. The van der Waals surface area contributed by atoms with Crippen molar-refractivity contribution in [3.05, 3.63) is 0 Å². The van der Waals surface area contributed by atoms with E-state index in [-0.39, 0.29) is 25.7 Å². The lowest BCUT2D eigenvalue weighted by molar-refractivity contribution is -0.161. The third kappa shape index (κ3) is 70.9. The van der Waals surface area contributed by atoms with Crippen LogP contribution in [0.4, 0.5) is 0 Å². The summed E-state index contributed by atoms with van der Waals surface area (Å²) >= 11 is 0. The third-order valence-corrected chi connectivity index (χ3v) is 20.3. The smallest absolute Gasteiger partial charge is 0.462 e. The number of phosphoric ester groups is 2. The lowest BCUT2D eigenvalue weighted by atomic mass is 10.00. The maximum atomic E-state index is 13.1. The molecule has 0 aliphatic carbocycles. The first kappa shape index (κ1) is 95.1. The molecule has 576 valence electrons. The highest BCUT2D eigenvalue weighted by Gasteiger charge is 2.30. The van der Waals surface area contributed by atoms with Crippen LogP contribution in [0.25, 0.3) is 0 Å². The number of aliphatic hydroxyl groups is 1. The van der Waals surface area contributed by atoms with Crippen molar-refractivity contribution in [1.82, 2.24) is 0 Å². The lowest BCUT2D eigenvalue weighted by Gasteiger charge is -2.21. The summed E-state index contributed by atoms with van der Waals surface area (Å²) in [6.07, 6.45) is 52.7. The molecule has 0 amide bonds. The van der Waals surface area contributed by atoms with Crippen molar-refractivity contribution in [2.24, 2.45) is 23.7 Å². The van der Waals surface area contributed by atoms with E-state index in [9.17, 15) is 43.2 Å². The molecule has 0 saturated carbocycles. The molecule has 0 heterocycles. The van der Waals surface area contributed by atoms with Crippen LogP contribution in [0.5, 0.6) is 0 Å². The molecule has 0 aromatic carbocycles. The zero-order valence-corrected chi connectivity index (χ0v) is 65.5. The number of carbonyl (C=O) groups excluding carboxylic acids is 4. The Labute approximate surface area is 594 Å². The van der Waals surface area contributed by atoms with E-state index in [1.165, 1.54) is 193 Å². The Balaban J connectivity index is 5.25. The van der Waals surface area contributed by atoms with E-state index in [1.807, 2.05) is 0 Å². The molecule has 3 unspecified atom stereocenters. The standard InChI is InChI=1S/C78H152O17P2/c1-9-71(8)57-49-41-36-37-43-51-59-76(81)89-65-74(95-78(83)61-53-45-35-29-21-17-13-11-15-19-25-31-39-47-55-69(4)5)67-93-97(86,87)91-63-72(79)62-90-96(84,85)92-66-73(64-88-75(80)58-50-42-33-27-23-22-26-32-40-48-56-70(6)7)94-77(82)60-52-44-34-28-20-16-12-10-14-18-24-30-38-46-54-68(2)3/h68-74,79H,9-67H2,1-8H3,(H,84,85)(H,86,87)/t71?,72-,73-,74-/m1/s1. The second-order valence-electron chi connectivity index (χ2n) is 29.8. The summed E-state index contributed by atoms with van der Waals surface area (Å²) in [4.78, 5) is 72.9. The second kappa shape index (κ2) is 67.2. The third-order valence-electron chi connectivity index (χ3n) is 18.4. The van der Waals surface area contributed by atoms with E-state index in [4.69, 9.17) is 37.0 Å². The van der Waals surface area contributed by atoms with Crippen molar-refractivity contribution >= 4 is 39.5 Å². The molecule has 0 aromatic heterocycles. The number of hydrogen-bond acceptors (Lipinski definition) is 15. The quantitative estimate of drug-likeness (QED) is 0.0222. The summed E-state index contributed by atoms with van der Waals surface area (Å²) in [5.74, 6) is 0.961. The number of ether oxygens (including phenoxy) is 4. The molecule has 97 heavy (non-hydrogen) atoms. The molecule has 0 aliphatic rings. The number of hydrogen-bond donors (Lipinski definition) is 3. The van der Waals surface area contributed by atoms with Crippen LogP contribution in [0, 0.1) is 23.7 Å². The minimum absolute atomic E-state index is 0.106. The van der Waals surface area contributed by atoms with Gasteiger partial charge in [-0.25, -0.2) is 9.13 Å². The van der Waals surface area contributed by atoms with Gasteiger partial charge in [-0.15, -0.1) is 0 Å². The molecule has 17 nitrogen and oxygen atoms in total. The average Bonchev–Trinajstić information content (AvgIpc) is 1.07. The second-order valence-corrected chi connectivity index (χ2v) is 32.7. The summed E-state index contributed by atoms with van der Waals surface area (Å²) in [7, 11) is -9.92. The highest BCUT2D eigenvalue weighted by atomic mass is 31.2. The van der Waals surface area contributed by atoms with Crippen LogP contribution in [-0.4, -0.2) is 96.7 Å². The first-order valence-corrected chi connectivity index (χ1v) is 43.2. The van der Waals surface area contributed by atoms with Gasteiger partial charge in [0.05, 0.1) is 26.4 Å². The number of unbranched alkanes of at least 4 members (excludes halogenated alkanes) is 40. The number of phosphoric acid groups is 2. The minimum atomic E-state index is -4.96. The molecule has 0 aromatic rings. The van der Waals surface area contributed by atoms with Gasteiger partial charge in [-0.3, -0.25) is 37.3 Å². The molecular weight excluding hydrogens is 1270 g/mol. The molecule has 6 atom stereocenters. The summed E-state index contributed by atoms with van der Waals surface area (Å²) < 4.78 is 68.6. The fourth-order valence-corrected chi connectivity index (χ4v) is 13.5. The molecular formula is C78H152O17P2. The number of esters is 4. The normalized spacial score (nSPS) is 14.4. The van der Waals surface area contributed by atoms with Crippen LogP contribution in [0.2, 0.25) is 0 Å². The summed E-state index contributed by atoms with van der Waals surface area (Å²) in [5.41, 5.74) is 0. The Morgan fingerprint density at radius 1 is 0.289 bits per heavy atom. The fourth-order valence-electron chi connectivity index (χ4n) is 11.9. The fraction of sp³-hybridized carbons (Fsp3) is 0.949. The predicted octanol–water partition coefficient (Wildman–Crippen LogP) is 22.8. The predicted molar refractivity (Wildman–Crippen MR) is 395 cm³/mol. The van der Waals surface area contributed by atoms with E-state index in [0.717, 1.165) is 120 Å². The molecule has 0 radical (unpaired) electrons. The van der Waals surface area contributed by atoms with Gasteiger partial charge in [-0.05, 0) is 49.4 Å². The number of aliphatic hydroxyl groups excluding tert-OH is 1. The Hall–Kier alpha value is -1.94. The number of carbonyl (C=O) groups is 4. The van der Waals surface area contributed by atoms with Crippen LogP contribution in [0.1, 0.15) is 396 Å². The van der Waals surface area contributed by atoms with Gasteiger partial charge in [-0.2, -0.15) is 0 Å². The van der Waals surface area contributed by atoms with E-state index >= 15 is 0 Å².